The van der Waals surface area contributed by atoms with Crippen molar-refractivity contribution in [2.24, 2.45) is 0 Å². The fraction of sp³-hybridized carbons (Fsp3) is 0.611. The predicted octanol–water partition coefficient (Wildman–Crippen LogP) is 1.20. The Hall–Kier alpha value is -2.28. The lowest BCUT2D eigenvalue weighted by atomic mass is 10.1. The van der Waals surface area contributed by atoms with Crippen molar-refractivity contribution >= 4 is 34.7 Å². The highest BCUT2D eigenvalue weighted by Gasteiger charge is 2.44. The zero-order valence-electron chi connectivity index (χ0n) is 16.8. The Bertz CT molecular complexity index is 907. The van der Waals surface area contributed by atoms with Crippen LogP contribution in [-0.2, 0) is 9.53 Å². The zero-order valence-corrected chi connectivity index (χ0v) is 17.6. The molecule has 0 aliphatic carbocycles. The van der Waals surface area contributed by atoms with E-state index in [1.165, 1.54) is 22.5 Å². The first-order valence-electron chi connectivity index (χ1n) is 9.88. The first kappa shape index (κ1) is 22.4. The minimum Gasteiger partial charge on any atom is -0.478 e. The molecule has 2 aromatic rings. The molecular weight excluding hydrogens is 412 g/mol. The Labute approximate surface area is 177 Å². The molecule has 0 radical (unpaired) electrons. The van der Waals surface area contributed by atoms with Crippen molar-refractivity contribution in [3.63, 3.8) is 0 Å². The molecule has 3 rings (SSSR count). The van der Waals surface area contributed by atoms with Gasteiger partial charge in [-0.25, -0.2) is 14.8 Å². The fourth-order valence-corrected chi connectivity index (χ4v) is 3.66. The molecule has 1 saturated heterocycles. The highest BCUT2D eigenvalue weighted by atomic mass is 32.2. The van der Waals surface area contributed by atoms with Crippen LogP contribution in [0.3, 0.4) is 0 Å². The quantitative estimate of drug-likeness (QED) is 0.183. The van der Waals surface area contributed by atoms with Gasteiger partial charge in [0.15, 0.2) is 28.4 Å². The number of nitrogens with zero attached hydrogens (tertiary/aromatic N) is 5. The van der Waals surface area contributed by atoms with E-state index in [-0.39, 0.29) is 0 Å². The Kier molecular flexibility index (Phi) is 7.58. The number of carboxylic acids is 1. The number of aliphatic carboxylic acids is 1. The van der Waals surface area contributed by atoms with Crippen LogP contribution in [0.15, 0.2) is 17.3 Å². The van der Waals surface area contributed by atoms with Crippen LogP contribution in [0.5, 0.6) is 0 Å². The van der Waals surface area contributed by atoms with Crippen molar-refractivity contribution in [1.82, 2.24) is 25.0 Å². The summed E-state index contributed by atoms with van der Waals surface area (Å²) in [5.41, 5.74) is 0.795. The maximum absolute atomic E-state index is 10.8. The maximum Gasteiger partial charge on any atom is 0.328 e. The number of aliphatic hydroxyl groups excluding tert-OH is 2. The molecule has 0 saturated carbocycles. The van der Waals surface area contributed by atoms with Crippen LogP contribution in [0.1, 0.15) is 39.3 Å². The Morgan fingerprint density at radius 2 is 2.07 bits per heavy atom. The van der Waals surface area contributed by atoms with Crippen molar-refractivity contribution in [2.75, 3.05) is 17.6 Å². The van der Waals surface area contributed by atoms with E-state index in [1.54, 1.807) is 0 Å². The number of unbranched alkanes of at least 4 members (excludes halogenated alkanes) is 1. The van der Waals surface area contributed by atoms with Crippen molar-refractivity contribution < 1.29 is 24.9 Å². The van der Waals surface area contributed by atoms with Crippen LogP contribution in [0, 0.1) is 0 Å². The minimum atomic E-state index is -1.34. The summed E-state index contributed by atoms with van der Waals surface area (Å²) in [6, 6.07) is 0. The molecule has 0 bridgehead atoms. The fourth-order valence-electron chi connectivity index (χ4n) is 2.97. The number of carboxylic acid groups (broad SMARTS) is 1. The van der Waals surface area contributed by atoms with Gasteiger partial charge in [0.2, 0.25) is 0 Å². The van der Waals surface area contributed by atoms with Gasteiger partial charge >= 0.3 is 5.97 Å². The lowest BCUT2D eigenvalue weighted by molar-refractivity contribution is -0.131. The molecule has 1 aliphatic heterocycles. The van der Waals surface area contributed by atoms with E-state index in [2.05, 4.69) is 39.4 Å². The number of aromatic nitrogens is 5. The third-order valence-electron chi connectivity index (χ3n) is 4.51. The van der Waals surface area contributed by atoms with E-state index in [1.807, 2.05) is 0 Å². The molecular formula is C18H26N6O5S. The number of thioether (sulfide) groups is 1. The van der Waals surface area contributed by atoms with Crippen LogP contribution in [0.4, 0.5) is 5.82 Å². The summed E-state index contributed by atoms with van der Waals surface area (Å²) in [4.78, 5) is 19.8. The third-order valence-corrected chi connectivity index (χ3v) is 5.56. The van der Waals surface area contributed by atoms with E-state index >= 15 is 0 Å². The first-order valence-corrected chi connectivity index (χ1v) is 10.9. The number of hydrogen-bond donors (Lipinski definition) is 4. The van der Waals surface area contributed by atoms with E-state index in [9.17, 15) is 15.0 Å². The molecule has 4 N–H and O–H groups in total. The molecule has 30 heavy (non-hydrogen) atoms. The first-order chi connectivity index (χ1) is 14.5. The number of anilines is 1. The molecule has 2 aromatic heterocycles. The van der Waals surface area contributed by atoms with Gasteiger partial charge < -0.3 is 25.4 Å². The van der Waals surface area contributed by atoms with E-state index in [0.29, 0.717) is 22.1 Å². The monoisotopic (exact) mass is 438 g/mol. The lowest BCUT2D eigenvalue weighted by Gasteiger charge is -2.15. The highest BCUT2D eigenvalue weighted by Crippen LogP contribution is 2.33. The van der Waals surface area contributed by atoms with Crippen molar-refractivity contribution in [1.29, 1.82) is 0 Å². The molecule has 0 unspecified atom stereocenters. The molecule has 1 fully saturated rings. The molecule has 0 aromatic carbocycles. The predicted molar refractivity (Wildman–Crippen MR) is 110 cm³/mol. The summed E-state index contributed by atoms with van der Waals surface area (Å²) in [6.45, 7) is 4.87. The number of rotatable bonds is 10. The van der Waals surface area contributed by atoms with Crippen molar-refractivity contribution in [3.05, 3.63) is 12.2 Å². The smallest absolute Gasteiger partial charge is 0.328 e. The highest BCUT2D eigenvalue weighted by molar-refractivity contribution is 7.99. The molecule has 0 spiro atoms. The summed E-state index contributed by atoms with van der Waals surface area (Å²) >= 11 is 1.50. The van der Waals surface area contributed by atoms with Gasteiger partial charge in [0, 0.05) is 18.4 Å². The maximum atomic E-state index is 10.8. The molecule has 0 amide bonds. The third kappa shape index (κ3) is 4.89. The van der Waals surface area contributed by atoms with Crippen LogP contribution in [-0.4, -0.2) is 76.9 Å². The van der Waals surface area contributed by atoms with E-state index in [0.717, 1.165) is 37.6 Å². The van der Waals surface area contributed by atoms with Crippen molar-refractivity contribution in [2.45, 2.75) is 62.8 Å². The minimum absolute atomic E-state index is 0.363. The van der Waals surface area contributed by atoms with Crippen LogP contribution >= 0.6 is 11.8 Å². The molecule has 12 heteroatoms. The average Bonchev–Trinajstić information content (AvgIpc) is 3.26. The summed E-state index contributed by atoms with van der Waals surface area (Å²) in [6.07, 6.45) is 0.261. The zero-order chi connectivity index (χ0) is 21.7. The van der Waals surface area contributed by atoms with Crippen LogP contribution in [0.2, 0.25) is 0 Å². The number of fused-ring (bicyclic) bond motifs is 1. The molecule has 1 aliphatic rings. The summed E-state index contributed by atoms with van der Waals surface area (Å²) < 4.78 is 6.98. The topological polar surface area (TPSA) is 156 Å². The molecule has 164 valence electrons. The van der Waals surface area contributed by atoms with Gasteiger partial charge in [-0.15, -0.1) is 5.10 Å². The van der Waals surface area contributed by atoms with Crippen molar-refractivity contribution in [3.8, 4) is 0 Å². The van der Waals surface area contributed by atoms with Gasteiger partial charge in [-0.05, 0) is 18.9 Å². The second-order valence-electron chi connectivity index (χ2n) is 6.86. The number of carbonyl (C=O) groups is 1. The number of ether oxygens (including phenoxy) is 1. The Morgan fingerprint density at radius 3 is 2.77 bits per heavy atom. The molecule has 11 nitrogen and oxygen atoms in total. The summed E-state index contributed by atoms with van der Waals surface area (Å²) in [5.74, 6) is 0.210. The SMILES string of the molecule is CCCCNc1nc(SCCC)nc2c1nnn2[C@@H]1O[C@H](/C=C\C(=O)O)[C@@H](O)[C@H]1O. The van der Waals surface area contributed by atoms with Gasteiger partial charge in [0.1, 0.15) is 18.3 Å². The number of aliphatic hydroxyl groups is 2. The van der Waals surface area contributed by atoms with Crippen LogP contribution in [0.25, 0.3) is 11.2 Å². The Morgan fingerprint density at radius 1 is 1.27 bits per heavy atom. The molecule has 3 heterocycles. The average molecular weight is 439 g/mol. The van der Waals surface area contributed by atoms with E-state index in [4.69, 9.17) is 9.84 Å². The number of hydrogen-bond acceptors (Lipinski definition) is 10. The van der Waals surface area contributed by atoms with Gasteiger partial charge in [0.05, 0.1) is 0 Å². The van der Waals surface area contributed by atoms with Gasteiger partial charge in [-0.1, -0.05) is 37.2 Å². The summed E-state index contributed by atoms with van der Waals surface area (Å²) in [5, 5.41) is 41.6. The van der Waals surface area contributed by atoms with Gasteiger partial charge in [0.25, 0.3) is 0 Å². The number of nitrogens with one attached hydrogen (secondary N) is 1. The molecule has 4 atom stereocenters. The largest absolute Gasteiger partial charge is 0.478 e. The second kappa shape index (κ2) is 10.2. The normalized spacial score (nSPS) is 24.1. The van der Waals surface area contributed by atoms with Gasteiger partial charge in [-0.3, -0.25) is 0 Å². The van der Waals surface area contributed by atoms with Crippen LogP contribution < -0.4 is 5.32 Å². The van der Waals surface area contributed by atoms with E-state index < -0.39 is 30.5 Å². The standard InChI is InChI=1S/C18H26N6O5S/c1-3-5-8-19-15-12-16(21-18(20-15)30-9-4-2)24(23-22-12)17-14(28)13(27)10(29-17)6-7-11(25)26/h6-7,10,13-14,17,27-28H,3-5,8-9H2,1-2H3,(H,25,26)(H,19,20,21)/b7-6-/t10-,13-,14-,17-/m1/s1. The van der Waals surface area contributed by atoms with Gasteiger partial charge in [-0.2, -0.15) is 4.68 Å². The Balaban J connectivity index is 1.95. The lowest BCUT2D eigenvalue weighted by Crippen LogP contribution is -2.31. The second-order valence-corrected chi connectivity index (χ2v) is 7.92. The summed E-state index contributed by atoms with van der Waals surface area (Å²) in [7, 11) is 0.